The van der Waals surface area contributed by atoms with E-state index in [-0.39, 0.29) is 11.9 Å². The topological polar surface area (TPSA) is 38.0 Å². The molecule has 0 spiro atoms. The third-order valence-corrected chi connectivity index (χ3v) is 5.48. The van der Waals surface area contributed by atoms with Crippen LogP contribution < -0.4 is 11.3 Å². The molecule has 0 aliphatic rings. The second-order valence-electron chi connectivity index (χ2n) is 4.26. The Kier molecular flexibility index (Phi) is 4.97. The van der Waals surface area contributed by atoms with Gasteiger partial charge in [-0.05, 0) is 48.1 Å². The van der Waals surface area contributed by atoms with E-state index >= 15 is 0 Å². The van der Waals surface area contributed by atoms with Gasteiger partial charge in [0.25, 0.3) is 0 Å². The summed E-state index contributed by atoms with van der Waals surface area (Å²) in [6.07, 6.45) is 0.564. The number of benzene rings is 1. The van der Waals surface area contributed by atoms with Crippen molar-refractivity contribution < 1.29 is 4.39 Å². The predicted octanol–water partition coefficient (Wildman–Crippen LogP) is 4.36. The lowest BCUT2D eigenvalue weighted by Crippen LogP contribution is -2.29. The molecule has 1 heterocycles. The maximum atomic E-state index is 13.3. The van der Waals surface area contributed by atoms with E-state index < -0.39 is 0 Å². The summed E-state index contributed by atoms with van der Waals surface area (Å²) >= 11 is 11.2. The van der Waals surface area contributed by atoms with Crippen LogP contribution in [0.15, 0.2) is 28.1 Å². The van der Waals surface area contributed by atoms with Gasteiger partial charge in [-0.3, -0.25) is 11.3 Å². The van der Waals surface area contributed by atoms with Crippen LogP contribution in [0, 0.1) is 12.7 Å². The van der Waals surface area contributed by atoms with Crippen molar-refractivity contribution in [2.45, 2.75) is 19.4 Å². The highest BCUT2D eigenvalue weighted by atomic mass is 79.9. The molecule has 2 aromatic rings. The molecule has 1 aromatic carbocycles. The van der Waals surface area contributed by atoms with Crippen molar-refractivity contribution in [3.63, 3.8) is 0 Å². The maximum Gasteiger partial charge on any atom is 0.123 e. The Hall–Kier alpha value is -0.460. The van der Waals surface area contributed by atoms with Gasteiger partial charge in [0.05, 0.1) is 11.1 Å². The van der Waals surface area contributed by atoms with E-state index in [0.29, 0.717) is 6.42 Å². The number of nitrogens with one attached hydrogen (secondary N) is 1. The van der Waals surface area contributed by atoms with E-state index in [1.165, 1.54) is 12.1 Å². The minimum atomic E-state index is -0.262. The minimum absolute atomic E-state index is 0.135. The molecule has 6 heteroatoms. The predicted molar refractivity (Wildman–Crippen MR) is 81.9 cm³/mol. The molecule has 3 N–H and O–H groups in total. The molecule has 1 aromatic heterocycles. The zero-order chi connectivity index (χ0) is 14.0. The molecule has 0 saturated heterocycles. The largest absolute Gasteiger partial charge is 0.271 e. The highest BCUT2D eigenvalue weighted by Crippen LogP contribution is 2.34. The second-order valence-corrected chi connectivity index (χ2v) is 6.40. The Morgan fingerprint density at radius 3 is 2.84 bits per heavy atom. The number of hydrogen-bond acceptors (Lipinski definition) is 3. The van der Waals surface area contributed by atoms with Gasteiger partial charge in [0.1, 0.15) is 5.82 Å². The highest BCUT2D eigenvalue weighted by Gasteiger charge is 2.18. The van der Waals surface area contributed by atoms with E-state index in [1.54, 1.807) is 17.4 Å². The molecule has 0 amide bonds. The van der Waals surface area contributed by atoms with E-state index in [1.807, 2.05) is 12.3 Å². The molecule has 0 radical (unpaired) electrons. The maximum absolute atomic E-state index is 13.3. The van der Waals surface area contributed by atoms with Gasteiger partial charge in [0.2, 0.25) is 0 Å². The van der Waals surface area contributed by atoms with Crippen molar-refractivity contribution >= 4 is 38.9 Å². The zero-order valence-corrected chi connectivity index (χ0v) is 13.4. The average Bonchev–Trinajstić information content (AvgIpc) is 2.71. The molecule has 102 valence electrons. The fraction of sp³-hybridized carbons (Fsp3) is 0.231. The summed E-state index contributed by atoms with van der Waals surface area (Å²) in [5, 5.41) is 2.71. The average molecular weight is 364 g/mol. The fourth-order valence-electron chi connectivity index (χ4n) is 1.83. The van der Waals surface area contributed by atoms with Crippen molar-refractivity contribution in [2.75, 3.05) is 0 Å². The van der Waals surface area contributed by atoms with Crippen LogP contribution in [0.2, 0.25) is 5.02 Å². The van der Waals surface area contributed by atoms with Crippen LogP contribution in [0.3, 0.4) is 0 Å². The number of rotatable bonds is 4. The molecule has 0 bridgehead atoms. The molecule has 0 saturated carbocycles. The van der Waals surface area contributed by atoms with Crippen molar-refractivity contribution in [3.8, 4) is 0 Å². The molecule has 2 rings (SSSR count). The number of hydrogen-bond donors (Lipinski definition) is 2. The van der Waals surface area contributed by atoms with Crippen molar-refractivity contribution in [1.82, 2.24) is 5.43 Å². The van der Waals surface area contributed by atoms with Crippen LogP contribution in [-0.4, -0.2) is 0 Å². The third-order valence-electron chi connectivity index (χ3n) is 2.87. The second kappa shape index (κ2) is 6.33. The highest BCUT2D eigenvalue weighted by molar-refractivity contribution is 9.10. The van der Waals surface area contributed by atoms with E-state index in [2.05, 4.69) is 21.4 Å². The monoisotopic (exact) mass is 362 g/mol. The molecule has 1 atom stereocenters. The Morgan fingerprint density at radius 1 is 1.53 bits per heavy atom. The van der Waals surface area contributed by atoms with Crippen LogP contribution in [-0.2, 0) is 6.42 Å². The van der Waals surface area contributed by atoms with E-state index in [4.69, 9.17) is 17.4 Å². The SMILES string of the molecule is Cc1csc(C(Cc2cc(F)ccc2Br)NN)c1Cl. The normalized spacial score (nSPS) is 12.7. The summed E-state index contributed by atoms with van der Waals surface area (Å²) in [6, 6.07) is 4.48. The molecule has 2 nitrogen and oxygen atoms in total. The Bertz CT molecular complexity index is 588. The van der Waals surface area contributed by atoms with Gasteiger partial charge in [-0.25, -0.2) is 4.39 Å². The summed E-state index contributed by atoms with van der Waals surface area (Å²) in [4.78, 5) is 0.970. The zero-order valence-electron chi connectivity index (χ0n) is 10.2. The van der Waals surface area contributed by atoms with Gasteiger partial charge in [0.15, 0.2) is 0 Å². The van der Waals surface area contributed by atoms with Crippen LogP contribution in [0.1, 0.15) is 22.0 Å². The minimum Gasteiger partial charge on any atom is -0.271 e. The lowest BCUT2D eigenvalue weighted by atomic mass is 10.0. The fourth-order valence-corrected chi connectivity index (χ4v) is 3.63. The first-order valence-electron chi connectivity index (χ1n) is 5.66. The number of thiophene rings is 1. The summed E-state index contributed by atoms with van der Waals surface area (Å²) in [6.45, 7) is 1.95. The molecular formula is C13H13BrClFN2S. The third kappa shape index (κ3) is 3.35. The number of nitrogens with two attached hydrogens (primary N) is 1. The number of halogens is 3. The number of hydrazine groups is 1. The summed E-state index contributed by atoms with van der Waals surface area (Å²) < 4.78 is 14.2. The van der Waals surface area contributed by atoms with Gasteiger partial charge in [0, 0.05) is 9.35 Å². The lowest BCUT2D eigenvalue weighted by molar-refractivity contribution is 0.555. The van der Waals surface area contributed by atoms with E-state index in [9.17, 15) is 4.39 Å². The molecule has 0 fully saturated rings. The van der Waals surface area contributed by atoms with Crippen LogP contribution in [0.25, 0.3) is 0 Å². The van der Waals surface area contributed by atoms with Gasteiger partial charge in [-0.15, -0.1) is 11.3 Å². The van der Waals surface area contributed by atoms with Crippen molar-refractivity contribution in [1.29, 1.82) is 0 Å². The van der Waals surface area contributed by atoms with Crippen LogP contribution in [0.4, 0.5) is 4.39 Å². The summed E-state index contributed by atoms with van der Waals surface area (Å²) in [5.74, 6) is 5.35. The molecule has 0 aliphatic heterocycles. The number of aryl methyl sites for hydroxylation is 1. The Labute approximate surface area is 128 Å². The van der Waals surface area contributed by atoms with Crippen LogP contribution in [0.5, 0.6) is 0 Å². The lowest BCUT2D eigenvalue weighted by Gasteiger charge is -2.16. The standard InChI is InChI=1S/C13H13BrClFN2S/c1-7-6-19-13(12(7)15)11(18-17)5-8-4-9(16)2-3-10(8)14/h2-4,6,11,18H,5,17H2,1H3. The first-order chi connectivity index (χ1) is 9.02. The molecular weight excluding hydrogens is 351 g/mol. The van der Waals surface area contributed by atoms with Gasteiger partial charge in [-0.1, -0.05) is 27.5 Å². The summed E-state index contributed by atoms with van der Waals surface area (Å²) in [7, 11) is 0. The summed E-state index contributed by atoms with van der Waals surface area (Å²) in [5.41, 5.74) is 4.63. The van der Waals surface area contributed by atoms with Gasteiger partial charge in [-0.2, -0.15) is 0 Å². The Balaban J connectivity index is 2.29. The first kappa shape index (κ1) is 14.9. The van der Waals surface area contributed by atoms with E-state index in [0.717, 1.165) is 25.5 Å². The molecule has 19 heavy (non-hydrogen) atoms. The van der Waals surface area contributed by atoms with Crippen molar-refractivity contribution in [2.24, 2.45) is 5.84 Å². The Morgan fingerprint density at radius 2 is 2.26 bits per heavy atom. The quantitative estimate of drug-likeness (QED) is 0.626. The first-order valence-corrected chi connectivity index (χ1v) is 7.71. The smallest absolute Gasteiger partial charge is 0.123 e. The van der Waals surface area contributed by atoms with Crippen molar-refractivity contribution in [3.05, 3.63) is 54.9 Å². The molecule has 0 aliphatic carbocycles. The van der Waals surface area contributed by atoms with Gasteiger partial charge >= 0.3 is 0 Å². The molecule has 1 unspecified atom stereocenters. The van der Waals surface area contributed by atoms with Gasteiger partial charge < -0.3 is 0 Å². The van der Waals surface area contributed by atoms with Crippen LogP contribution >= 0.6 is 38.9 Å².